The summed E-state index contributed by atoms with van der Waals surface area (Å²) < 4.78 is 93.8. The molecule has 1 unspecified atom stereocenters. The Kier molecular flexibility index (Phi) is 7.45. The smallest absolute Gasteiger partial charge is 0.494 e. The average molecular weight is 536 g/mol. The van der Waals surface area contributed by atoms with Crippen LogP contribution in [-0.2, 0) is 22.0 Å². The van der Waals surface area contributed by atoms with Crippen molar-refractivity contribution >= 4 is 0 Å². The van der Waals surface area contributed by atoms with E-state index in [1.807, 2.05) is 0 Å². The average Bonchev–Trinajstić information content (AvgIpc) is 3.68. The number of hydrogen-bond acceptors (Lipinski definition) is 5. The molecule has 1 fully saturated rings. The summed E-state index contributed by atoms with van der Waals surface area (Å²) in [4.78, 5) is 0. The van der Waals surface area contributed by atoms with Crippen LogP contribution in [0.5, 0.6) is 17.2 Å². The van der Waals surface area contributed by atoms with Gasteiger partial charge in [-0.3, -0.25) is 0 Å². The molecule has 0 spiro atoms. The molecule has 0 bridgehead atoms. The largest absolute Gasteiger partial charge is 0.573 e. The van der Waals surface area contributed by atoms with E-state index >= 15 is 8.78 Å². The van der Waals surface area contributed by atoms with Crippen LogP contribution in [0.3, 0.4) is 0 Å². The molecule has 1 aliphatic carbocycles. The van der Waals surface area contributed by atoms with Gasteiger partial charge < -0.3 is 23.7 Å². The van der Waals surface area contributed by atoms with E-state index in [0.29, 0.717) is 36.9 Å². The Balaban J connectivity index is 1.13. The predicted molar refractivity (Wildman–Crippen MR) is 128 cm³/mol. The molecular weight excluding hydrogens is 511 g/mol. The lowest BCUT2D eigenvalue weighted by Gasteiger charge is -2.15. The summed E-state index contributed by atoms with van der Waals surface area (Å²) in [6.45, 7) is 2.69. The van der Waals surface area contributed by atoms with Gasteiger partial charge in [-0.15, -0.1) is 13.2 Å². The number of epoxide rings is 1. The third-order valence-corrected chi connectivity index (χ3v) is 6.16. The number of fused-ring (bicyclic) bond motifs is 3. The van der Waals surface area contributed by atoms with Crippen LogP contribution in [0.1, 0.15) is 29.5 Å². The number of unbranched alkanes of at least 4 members (excludes halogenated alkanes) is 1. The summed E-state index contributed by atoms with van der Waals surface area (Å²) in [7, 11) is 0. The van der Waals surface area contributed by atoms with E-state index < -0.39 is 23.6 Å². The molecule has 3 aromatic rings. The molecular formula is C28H25F5O5. The molecule has 10 heteroatoms. The molecule has 202 valence electrons. The zero-order chi connectivity index (χ0) is 26.8. The summed E-state index contributed by atoms with van der Waals surface area (Å²) in [6, 6.07) is 14.5. The van der Waals surface area contributed by atoms with Crippen LogP contribution in [0.4, 0.5) is 22.0 Å². The van der Waals surface area contributed by atoms with Crippen molar-refractivity contribution in [2.45, 2.75) is 37.8 Å². The molecule has 0 radical (unpaired) electrons. The molecule has 5 rings (SSSR count). The number of rotatable bonds is 12. The molecule has 0 amide bonds. The van der Waals surface area contributed by atoms with E-state index in [9.17, 15) is 13.2 Å². The molecule has 0 saturated carbocycles. The van der Waals surface area contributed by atoms with Gasteiger partial charge in [-0.2, -0.15) is 8.78 Å². The molecule has 5 nitrogen and oxygen atoms in total. The van der Waals surface area contributed by atoms with Gasteiger partial charge >= 0.3 is 6.36 Å². The first-order chi connectivity index (χ1) is 18.2. The molecule has 0 aromatic heterocycles. The lowest BCUT2D eigenvalue weighted by molar-refractivity contribution is -0.274. The Morgan fingerprint density at radius 3 is 2.08 bits per heavy atom. The highest BCUT2D eigenvalue weighted by Gasteiger charge is 2.45. The van der Waals surface area contributed by atoms with E-state index in [1.165, 1.54) is 18.2 Å². The van der Waals surface area contributed by atoms with Gasteiger partial charge in [0.25, 0.3) is 5.92 Å². The predicted octanol–water partition coefficient (Wildman–Crippen LogP) is 6.86. The van der Waals surface area contributed by atoms with Gasteiger partial charge in [0, 0.05) is 17.7 Å². The number of ether oxygens (including phenoxy) is 5. The minimum absolute atomic E-state index is 0.0360. The maximum absolute atomic E-state index is 15.1. The van der Waals surface area contributed by atoms with Crippen LogP contribution >= 0.6 is 0 Å². The molecule has 1 aliphatic heterocycles. The van der Waals surface area contributed by atoms with Crippen LogP contribution in [-0.4, -0.2) is 38.9 Å². The lowest BCUT2D eigenvalue weighted by atomic mass is 10.0. The maximum atomic E-state index is 15.1. The first kappa shape index (κ1) is 26.2. The van der Waals surface area contributed by atoms with E-state index in [1.54, 1.807) is 30.3 Å². The highest BCUT2D eigenvalue weighted by atomic mass is 19.4. The fourth-order valence-corrected chi connectivity index (χ4v) is 4.21. The van der Waals surface area contributed by atoms with Crippen LogP contribution < -0.4 is 14.2 Å². The summed E-state index contributed by atoms with van der Waals surface area (Å²) >= 11 is 0. The Bertz CT molecular complexity index is 1260. The maximum Gasteiger partial charge on any atom is 0.573 e. The molecule has 0 N–H and O–H groups in total. The number of benzene rings is 3. The molecule has 1 atom stereocenters. The van der Waals surface area contributed by atoms with Crippen LogP contribution in [0, 0.1) is 0 Å². The fraction of sp³-hybridized carbons (Fsp3) is 0.357. The second-order valence-corrected chi connectivity index (χ2v) is 9.06. The number of halogens is 5. The minimum Gasteiger partial charge on any atom is -0.494 e. The van der Waals surface area contributed by atoms with Crippen molar-refractivity contribution in [2.24, 2.45) is 0 Å². The monoisotopic (exact) mass is 536 g/mol. The third-order valence-electron chi connectivity index (χ3n) is 6.16. The van der Waals surface area contributed by atoms with Gasteiger partial charge in [-0.05, 0) is 72.0 Å². The van der Waals surface area contributed by atoms with E-state index in [2.05, 4.69) is 4.74 Å². The molecule has 38 heavy (non-hydrogen) atoms. The van der Waals surface area contributed by atoms with Gasteiger partial charge in [0.05, 0.1) is 19.8 Å². The molecule has 1 saturated heterocycles. The van der Waals surface area contributed by atoms with Crippen molar-refractivity contribution in [3.8, 4) is 28.4 Å². The van der Waals surface area contributed by atoms with Gasteiger partial charge in [0.15, 0.2) is 0 Å². The Labute approximate surface area is 216 Å². The van der Waals surface area contributed by atoms with Crippen LogP contribution in [0.15, 0.2) is 60.7 Å². The first-order valence-electron chi connectivity index (χ1n) is 12.2. The van der Waals surface area contributed by atoms with E-state index in [4.69, 9.17) is 18.9 Å². The van der Waals surface area contributed by atoms with Crippen molar-refractivity contribution < 1.29 is 45.6 Å². The van der Waals surface area contributed by atoms with Crippen molar-refractivity contribution in [1.82, 2.24) is 0 Å². The van der Waals surface area contributed by atoms with Crippen molar-refractivity contribution in [3.05, 3.63) is 77.4 Å². The molecule has 1 heterocycles. The zero-order valence-electron chi connectivity index (χ0n) is 20.2. The van der Waals surface area contributed by atoms with Gasteiger partial charge in [-0.25, -0.2) is 0 Å². The summed E-state index contributed by atoms with van der Waals surface area (Å²) in [5.41, 5.74) is 0.120. The van der Waals surface area contributed by atoms with Gasteiger partial charge in [0.1, 0.15) is 30.0 Å². The standard InChI is InChI=1S/C28H25F5O5/c29-27(30)25-13-18(3-9-23(25)24-10-8-21(14-26(24)27)38-28(31,32)33)15-36-20-6-4-19(5-7-20)35-12-2-1-11-34-16-22-17-37-22/h3-10,13-14,22H,1-2,11-12,15-17H2. The Hall–Kier alpha value is -3.37. The molecule has 3 aromatic carbocycles. The summed E-state index contributed by atoms with van der Waals surface area (Å²) in [5, 5.41) is 0. The van der Waals surface area contributed by atoms with Gasteiger partial charge in [0.2, 0.25) is 0 Å². The van der Waals surface area contributed by atoms with Crippen LogP contribution in [0.2, 0.25) is 0 Å². The summed E-state index contributed by atoms with van der Waals surface area (Å²) in [5.74, 6) is -2.93. The minimum atomic E-state index is -4.97. The quantitative estimate of drug-likeness (QED) is 0.144. The van der Waals surface area contributed by atoms with Crippen molar-refractivity contribution in [2.75, 3.05) is 26.4 Å². The normalized spacial score (nSPS) is 17.0. The number of alkyl halides is 5. The molecule has 2 aliphatic rings. The third kappa shape index (κ3) is 6.36. The Morgan fingerprint density at radius 1 is 0.789 bits per heavy atom. The first-order valence-corrected chi connectivity index (χ1v) is 12.2. The topological polar surface area (TPSA) is 49.5 Å². The summed E-state index contributed by atoms with van der Waals surface area (Å²) in [6.07, 6.45) is -2.95. The zero-order valence-corrected chi connectivity index (χ0v) is 20.2. The highest BCUT2D eigenvalue weighted by Crippen LogP contribution is 2.52. The van der Waals surface area contributed by atoms with E-state index in [0.717, 1.165) is 31.6 Å². The fourth-order valence-electron chi connectivity index (χ4n) is 4.21. The SMILES string of the molecule is FC(F)(F)Oc1ccc2c(c1)C(F)(F)c1cc(COc3ccc(OCCCCOCC4CO4)cc3)ccc1-2. The van der Waals surface area contributed by atoms with Crippen molar-refractivity contribution in [3.63, 3.8) is 0 Å². The van der Waals surface area contributed by atoms with Crippen LogP contribution in [0.25, 0.3) is 11.1 Å². The second-order valence-electron chi connectivity index (χ2n) is 9.06. The second kappa shape index (κ2) is 10.8. The lowest BCUT2D eigenvalue weighted by Crippen LogP contribution is -2.18. The number of hydrogen-bond donors (Lipinski definition) is 0. The van der Waals surface area contributed by atoms with E-state index in [-0.39, 0.29) is 29.4 Å². The highest BCUT2D eigenvalue weighted by molar-refractivity contribution is 5.80. The van der Waals surface area contributed by atoms with Gasteiger partial charge in [-0.1, -0.05) is 18.2 Å². The van der Waals surface area contributed by atoms with Crippen molar-refractivity contribution in [1.29, 1.82) is 0 Å². The Morgan fingerprint density at radius 2 is 1.39 bits per heavy atom.